The van der Waals surface area contributed by atoms with E-state index < -0.39 is 4.92 Å². The number of ether oxygens (including phenoxy) is 1. The largest absolute Gasteiger partial charge is 0.619 e. The van der Waals surface area contributed by atoms with E-state index in [4.69, 9.17) is 4.74 Å². The lowest BCUT2D eigenvalue weighted by Crippen LogP contribution is -2.24. The van der Waals surface area contributed by atoms with E-state index in [0.29, 0.717) is 10.5 Å². The molecule has 0 atom stereocenters. The number of pyridine rings is 1. The van der Waals surface area contributed by atoms with Gasteiger partial charge < -0.3 is 9.94 Å². The van der Waals surface area contributed by atoms with Gasteiger partial charge in [0.05, 0.1) is 11.0 Å². The van der Waals surface area contributed by atoms with Crippen LogP contribution in [0.15, 0.2) is 47.2 Å². The summed E-state index contributed by atoms with van der Waals surface area (Å²) in [6.45, 7) is 0. The Balaban J connectivity index is 2.35. The second-order valence-electron chi connectivity index (χ2n) is 3.37. The van der Waals surface area contributed by atoms with Crippen LogP contribution in [0.5, 0.6) is 11.5 Å². The average Bonchev–Trinajstić information content (AvgIpc) is 2.32. The van der Waals surface area contributed by atoms with Crippen LogP contribution in [-0.2, 0) is 0 Å². The molecule has 0 aliphatic carbocycles. The molecule has 1 aromatic carbocycles. The van der Waals surface area contributed by atoms with Crippen molar-refractivity contribution in [3.8, 4) is 11.5 Å². The highest BCUT2D eigenvalue weighted by Crippen LogP contribution is 2.29. The first-order valence-electron chi connectivity index (χ1n) is 4.87. The summed E-state index contributed by atoms with van der Waals surface area (Å²) in [5.41, 5.74) is -0.259. The number of benzene rings is 1. The van der Waals surface area contributed by atoms with Crippen molar-refractivity contribution in [1.82, 2.24) is 0 Å². The van der Waals surface area contributed by atoms with Crippen LogP contribution in [0.25, 0.3) is 0 Å². The van der Waals surface area contributed by atoms with Gasteiger partial charge in [-0.3, -0.25) is 10.1 Å². The van der Waals surface area contributed by atoms with E-state index in [9.17, 15) is 15.3 Å². The van der Waals surface area contributed by atoms with Crippen molar-refractivity contribution in [2.24, 2.45) is 0 Å². The zero-order chi connectivity index (χ0) is 13.1. The molecule has 0 aliphatic rings. The molecule has 0 unspecified atom stereocenters. The molecule has 6 nitrogen and oxygen atoms in total. The fourth-order valence-electron chi connectivity index (χ4n) is 1.31. The van der Waals surface area contributed by atoms with Crippen molar-refractivity contribution < 1.29 is 14.4 Å². The topological polar surface area (TPSA) is 79.3 Å². The summed E-state index contributed by atoms with van der Waals surface area (Å²) < 4.78 is 6.63. The molecule has 0 bridgehead atoms. The fourth-order valence-corrected chi connectivity index (χ4v) is 1.57. The Bertz CT molecular complexity index is 586. The van der Waals surface area contributed by atoms with Gasteiger partial charge in [0.25, 0.3) is 5.75 Å². The van der Waals surface area contributed by atoms with Crippen LogP contribution in [0.3, 0.4) is 0 Å². The second-order valence-corrected chi connectivity index (χ2v) is 4.28. The molecule has 0 N–H and O–H groups in total. The van der Waals surface area contributed by atoms with Crippen LogP contribution in [0, 0.1) is 15.3 Å². The average molecular weight is 311 g/mol. The van der Waals surface area contributed by atoms with Crippen molar-refractivity contribution in [2.45, 2.75) is 0 Å². The van der Waals surface area contributed by atoms with Crippen LogP contribution in [0.2, 0.25) is 0 Å². The van der Waals surface area contributed by atoms with Gasteiger partial charge in [0.1, 0.15) is 5.75 Å². The van der Waals surface area contributed by atoms with Gasteiger partial charge in [-0.05, 0) is 24.3 Å². The Labute approximate surface area is 110 Å². The van der Waals surface area contributed by atoms with E-state index >= 15 is 0 Å². The summed E-state index contributed by atoms with van der Waals surface area (Å²) in [6, 6.07) is 7.83. The normalized spacial score (nSPS) is 10.1. The van der Waals surface area contributed by atoms with E-state index in [1.54, 1.807) is 24.3 Å². The van der Waals surface area contributed by atoms with E-state index in [1.165, 1.54) is 0 Å². The lowest BCUT2D eigenvalue weighted by molar-refractivity contribution is -0.606. The van der Waals surface area contributed by atoms with Crippen molar-refractivity contribution in [1.29, 1.82) is 0 Å². The molecule has 0 saturated heterocycles. The molecular weight excluding hydrogens is 304 g/mol. The number of halogens is 1. The Morgan fingerprint density at radius 2 is 1.89 bits per heavy atom. The maximum atomic E-state index is 11.1. The Hall–Kier alpha value is -2.15. The molecule has 2 aromatic rings. The molecule has 0 fully saturated rings. The lowest BCUT2D eigenvalue weighted by atomic mass is 10.3. The number of hydrogen-bond donors (Lipinski definition) is 0. The van der Waals surface area contributed by atoms with Crippen molar-refractivity contribution >= 4 is 21.6 Å². The van der Waals surface area contributed by atoms with Gasteiger partial charge in [0.2, 0.25) is 6.20 Å². The molecule has 92 valence electrons. The molecule has 0 saturated carbocycles. The molecule has 0 aliphatic heterocycles. The predicted octanol–water partition coefficient (Wildman–Crippen LogP) is 2.78. The third-order valence-electron chi connectivity index (χ3n) is 2.11. The quantitative estimate of drug-likeness (QED) is 0.378. The first kappa shape index (κ1) is 12.3. The minimum absolute atomic E-state index is 0.0974. The predicted molar refractivity (Wildman–Crippen MR) is 66.3 cm³/mol. The van der Waals surface area contributed by atoms with E-state index in [-0.39, 0.29) is 11.4 Å². The Morgan fingerprint density at radius 1 is 1.22 bits per heavy atom. The molecule has 7 heteroatoms. The summed E-state index contributed by atoms with van der Waals surface area (Å²) in [4.78, 5) is 10.2. The van der Waals surface area contributed by atoms with Crippen LogP contribution < -0.4 is 9.47 Å². The van der Waals surface area contributed by atoms with Crippen LogP contribution in [-0.4, -0.2) is 4.92 Å². The summed E-state index contributed by atoms with van der Waals surface area (Å²) in [6.07, 6.45) is 2.06. The van der Waals surface area contributed by atoms with Gasteiger partial charge in [-0.2, -0.15) is 4.73 Å². The molecular formula is C11H7BrN2O4. The zero-order valence-electron chi connectivity index (χ0n) is 8.95. The molecule has 0 amide bonds. The van der Waals surface area contributed by atoms with Gasteiger partial charge in [0.15, 0.2) is 6.20 Å². The number of aromatic nitrogens is 1. The maximum absolute atomic E-state index is 11.1. The van der Waals surface area contributed by atoms with Crippen molar-refractivity contribution in [3.63, 3.8) is 0 Å². The molecule has 0 spiro atoms. The molecule has 18 heavy (non-hydrogen) atoms. The van der Waals surface area contributed by atoms with Gasteiger partial charge >= 0.3 is 5.69 Å². The van der Waals surface area contributed by atoms with Crippen LogP contribution in [0.4, 0.5) is 5.69 Å². The Kier molecular flexibility index (Phi) is 3.42. The third-order valence-corrected chi connectivity index (χ3v) is 2.64. The number of nitrogens with zero attached hydrogens (tertiary/aromatic N) is 2. The maximum Gasteiger partial charge on any atom is 0.323 e. The summed E-state index contributed by atoms with van der Waals surface area (Å²) in [5.74, 6) is 0.312. The molecule has 2 rings (SSSR count). The number of hydrogen-bond acceptors (Lipinski definition) is 4. The van der Waals surface area contributed by atoms with Crippen LogP contribution >= 0.6 is 15.9 Å². The van der Waals surface area contributed by atoms with Gasteiger partial charge in [-0.15, -0.1) is 0 Å². The first-order chi connectivity index (χ1) is 8.56. The van der Waals surface area contributed by atoms with Gasteiger partial charge in [-0.25, -0.2) is 0 Å². The van der Waals surface area contributed by atoms with Crippen molar-refractivity contribution in [3.05, 3.63) is 62.5 Å². The van der Waals surface area contributed by atoms with E-state index in [2.05, 4.69) is 15.9 Å². The zero-order valence-corrected chi connectivity index (χ0v) is 10.5. The van der Waals surface area contributed by atoms with Gasteiger partial charge in [-0.1, -0.05) is 15.9 Å². The smallest absolute Gasteiger partial charge is 0.323 e. The lowest BCUT2D eigenvalue weighted by Gasteiger charge is -2.05. The summed E-state index contributed by atoms with van der Waals surface area (Å²) >= 11 is 3.26. The minimum Gasteiger partial charge on any atom is -0.619 e. The highest BCUT2D eigenvalue weighted by molar-refractivity contribution is 9.10. The van der Waals surface area contributed by atoms with E-state index in [0.717, 1.165) is 22.9 Å². The van der Waals surface area contributed by atoms with Gasteiger partial charge in [0, 0.05) is 4.47 Å². The number of nitro groups is 1. The molecule has 1 aromatic heterocycles. The second kappa shape index (κ2) is 5.01. The van der Waals surface area contributed by atoms with Crippen LogP contribution in [0.1, 0.15) is 0 Å². The third kappa shape index (κ3) is 2.75. The highest BCUT2D eigenvalue weighted by Gasteiger charge is 2.19. The standard InChI is InChI=1S/C11H7BrN2O4/c12-8-1-3-9(4-2-8)18-11-7-13(15)6-5-10(11)14(16)17/h1-7H. The summed E-state index contributed by atoms with van der Waals surface area (Å²) in [5, 5.41) is 21.9. The monoisotopic (exact) mass is 310 g/mol. The number of rotatable bonds is 3. The minimum atomic E-state index is -0.603. The van der Waals surface area contributed by atoms with Crippen molar-refractivity contribution in [2.75, 3.05) is 0 Å². The fraction of sp³-hybridized carbons (Fsp3) is 0. The first-order valence-corrected chi connectivity index (χ1v) is 5.66. The SMILES string of the molecule is O=[N+]([O-])c1cc[n+]([O-])cc1Oc1ccc(Br)cc1. The summed E-state index contributed by atoms with van der Waals surface area (Å²) in [7, 11) is 0. The molecule has 1 heterocycles. The van der Waals surface area contributed by atoms with E-state index in [1.807, 2.05) is 0 Å². The molecule has 0 radical (unpaired) electrons. The Morgan fingerprint density at radius 3 is 2.50 bits per heavy atom. The highest BCUT2D eigenvalue weighted by atomic mass is 79.9.